The van der Waals surface area contributed by atoms with Crippen molar-refractivity contribution in [3.63, 3.8) is 0 Å². The predicted octanol–water partition coefficient (Wildman–Crippen LogP) is 2.88. The highest BCUT2D eigenvalue weighted by Gasteiger charge is 2.43. The van der Waals surface area contributed by atoms with Crippen molar-refractivity contribution in [3.05, 3.63) is 0 Å². The van der Waals surface area contributed by atoms with E-state index in [0.29, 0.717) is 17.7 Å². The molecule has 17 heavy (non-hydrogen) atoms. The third-order valence-electron chi connectivity index (χ3n) is 4.01. The van der Waals surface area contributed by atoms with E-state index in [2.05, 4.69) is 24.9 Å². The van der Waals surface area contributed by atoms with Crippen LogP contribution in [0.4, 0.5) is 0 Å². The van der Waals surface area contributed by atoms with E-state index in [1.54, 1.807) is 0 Å². The van der Waals surface area contributed by atoms with Crippen molar-refractivity contribution in [1.82, 2.24) is 5.32 Å². The predicted molar refractivity (Wildman–Crippen MR) is 77.8 cm³/mol. The summed E-state index contributed by atoms with van der Waals surface area (Å²) in [6, 6.07) is 0.420. The lowest BCUT2D eigenvalue weighted by Gasteiger charge is -2.21. The average Bonchev–Trinajstić information content (AvgIpc) is 2.95. The molecule has 2 aliphatic rings. The lowest BCUT2D eigenvalue weighted by Crippen LogP contribution is -2.39. The second-order valence-corrected chi connectivity index (χ2v) is 7.27. The third kappa shape index (κ3) is 3.57. The Morgan fingerprint density at radius 3 is 2.82 bits per heavy atom. The van der Waals surface area contributed by atoms with Gasteiger partial charge in [-0.05, 0) is 42.6 Å². The maximum atomic E-state index is 12.0. The smallest absolute Gasteiger partial charge is 0.220 e. The molecule has 2 aliphatic carbocycles. The van der Waals surface area contributed by atoms with Crippen molar-refractivity contribution in [2.24, 2.45) is 5.41 Å². The Hall–Kier alpha value is 0.170. The molecule has 0 radical (unpaired) electrons. The van der Waals surface area contributed by atoms with Gasteiger partial charge in [-0.2, -0.15) is 24.4 Å². The summed E-state index contributed by atoms with van der Waals surface area (Å²) in [7, 11) is 0. The first-order valence-corrected chi connectivity index (χ1v) is 8.39. The summed E-state index contributed by atoms with van der Waals surface area (Å²) in [6.07, 6.45) is 6.75. The Kier molecular flexibility index (Phi) is 4.70. The molecule has 0 bridgehead atoms. The SMILES string of the molecule is CCSC1CCCC1NC(=O)CC1(CS)CC1. The minimum Gasteiger partial charge on any atom is -0.352 e. The van der Waals surface area contributed by atoms with Gasteiger partial charge in [0, 0.05) is 17.7 Å². The highest BCUT2D eigenvalue weighted by molar-refractivity contribution is 7.99. The highest BCUT2D eigenvalue weighted by atomic mass is 32.2. The van der Waals surface area contributed by atoms with Gasteiger partial charge >= 0.3 is 0 Å². The van der Waals surface area contributed by atoms with E-state index in [-0.39, 0.29) is 11.3 Å². The Bertz CT molecular complexity index is 279. The minimum atomic E-state index is 0.249. The molecule has 0 saturated heterocycles. The molecule has 1 amide bonds. The van der Waals surface area contributed by atoms with Gasteiger partial charge in [0.15, 0.2) is 0 Å². The Balaban J connectivity index is 1.77. The van der Waals surface area contributed by atoms with Crippen molar-refractivity contribution >= 4 is 30.3 Å². The first kappa shape index (κ1) is 13.6. The molecule has 2 rings (SSSR count). The summed E-state index contributed by atoms with van der Waals surface area (Å²) in [5, 5.41) is 3.90. The highest BCUT2D eigenvalue weighted by Crippen LogP contribution is 2.49. The number of amides is 1. The molecule has 4 heteroatoms. The first-order valence-electron chi connectivity index (χ1n) is 6.71. The first-order chi connectivity index (χ1) is 8.19. The molecule has 0 heterocycles. The van der Waals surface area contributed by atoms with Crippen LogP contribution in [-0.2, 0) is 4.79 Å². The molecule has 0 spiro atoms. The van der Waals surface area contributed by atoms with E-state index in [9.17, 15) is 4.79 Å². The number of thioether (sulfide) groups is 1. The molecule has 0 aromatic carbocycles. The number of hydrogen-bond donors (Lipinski definition) is 2. The molecule has 2 unspecified atom stereocenters. The van der Waals surface area contributed by atoms with Gasteiger partial charge in [0.25, 0.3) is 0 Å². The molecule has 2 fully saturated rings. The summed E-state index contributed by atoms with van der Waals surface area (Å²) < 4.78 is 0. The molecule has 98 valence electrons. The molecule has 1 N–H and O–H groups in total. The summed E-state index contributed by atoms with van der Waals surface area (Å²) in [5.74, 6) is 2.26. The number of thiol groups is 1. The van der Waals surface area contributed by atoms with E-state index in [1.807, 2.05) is 11.8 Å². The fraction of sp³-hybridized carbons (Fsp3) is 0.923. The standard InChI is InChI=1S/C13H23NOS2/c1-2-17-11-5-3-4-10(11)14-12(15)8-13(9-16)6-7-13/h10-11,16H,2-9H2,1H3,(H,14,15). The van der Waals surface area contributed by atoms with Crippen LogP contribution >= 0.6 is 24.4 Å². The Labute approximate surface area is 114 Å². The lowest BCUT2D eigenvalue weighted by atomic mass is 10.0. The van der Waals surface area contributed by atoms with E-state index in [4.69, 9.17) is 0 Å². The van der Waals surface area contributed by atoms with Crippen LogP contribution in [0.1, 0.15) is 45.4 Å². The van der Waals surface area contributed by atoms with Crippen LogP contribution in [0.25, 0.3) is 0 Å². The molecule has 2 atom stereocenters. The van der Waals surface area contributed by atoms with Gasteiger partial charge < -0.3 is 5.32 Å². The van der Waals surface area contributed by atoms with Crippen molar-refractivity contribution in [2.75, 3.05) is 11.5 Å². The second kappa shape index (κ2) is 5.87. The maximum Gasteiger partial charge on any atom is 0.220 e. The van der Waals surface area contributed by atoms with Gasteiger partial charge in [-0.1, -0.05) is 13.3 Å². The third-order valence-corrected chi connectivity index (χ3v) is 6.00. The van der Waals surface area contributed by atoms with Crippen molar-refractivity contribution in [1.29, 1.82) is 0 Å². The van der Waals surface area contributed by atoms with Gasteiger partial charge in [0.05, 0.1) is 0 Å². The van der Waals surface area contributed by atoms with Crippen molar-refractivity contribution in [3.8, 4) is 0 Å². The Morgan fingerprint density at radius 1 is 1.47 bits per heavy atom. The maximum absolute atomic E-state index is 12.0. The second-order valence-electron chi connectivity index (χ2n) is 5.43. The largest absolute Gasteiger partial charge is 0.352 e. The zero-order chi connectivity index (χ0) is 12.3. The number of carbonyl (C=O) groups is 1. The van der Waals surface area contributed by atoms with E-state index in [1.165, 1.54) is 25.7 Å². The summed E-state index contributed by atoms with van der Waals surface area (Å²) in [4.78, 5) is 12.0. The molecule has 0 aliphatic heterocycles. The van der Waals surface area contributed by atoms with Crippen LogP contribution in [0.3, 0.4) is 0 Å². The summed E-state index contributed by atoms with van der Waals surface area (Å²) >= 11 is 6.35. The van der Waals surface area contributed by atoms with Crippen LogP contribution in [0.5, 0.6) is 0 Å². The zero-order valence-electron chi connectivity index (χ0n) is 10.6. The number of nitrogens with one attached hydrogen (secondary N) is 1. The van der Waals surface area contributed by atoms with Crippen LogP contribution < -0.4 is 5.32 Å². The Morgan fingerprint density at radius 2 is 2.24 bits per heavy atom. The van der Waals surface area contributed by atoms with Crippen LogP contribution in [-0.4, -0.2) is 28.7 Å². The summed E-state index contributed by atoms with van der Waals surface area (Å²) in [6.45, 7) is 2.20. The van der Waals surface area contributed by atoms with E-state index in [0.717, 1.165) is 17.9 Å². The van der Waals surface area contributed by atoms with Gasteiger partial charge in [0.2, 0.25) is 5.91 Å². The molecular weight excluding hydrogens is 250 g/mol. The van der Waals surface area contributed by atoms with E-state index < -0.39 is 0 Å². The van der Waals surface area contributed by atoms with Crippen LogP contribution in [0.2, 0.25) is 0 Å². The number of carbonyl (C=O) groups excluding carboxylic acids is 1. The normalized spacial score (nSPS) is 30.2. The lowest BCUT2D eigenvalue weighted by molar-refractivity contribution is -0.122. The fourth-order valence-corrected chi connectivity index (χ4v) is 4.30. The summed E-state index contributed by atoms with van der Waals surface area (Å²) in [5.41, 5.74) is 0.249. The minimum absolute atomic E-state index is 0.249. The van der Waals surface area contributed by atoms with Gasteiger partial charge in [-0.3, -0.25) is 4.79 Å². The molecule has 2 nitrogen and oxygen atoms in total. The van der Waals surface area contributed by atoms with Crippen molar-refractivity contribution in [2.45, 2.75) is 56.7 Å². The number of rotatable bonds is 6. The van der Waals surface area contributed by atoms with Gasteiger partial charge in [0.1, 0.15) is 0 Å². The fourth-order valence-electron chi connectivity index (χ4n) is 2.67. The molecular formula is C13H23NOS2. The van der Waals surface area contributed by atoms with Gasteiger partial charge in [-0.25, -0.2) is 0 Å². The monoisotopic (exact) mass is 273 g/mol. The average molecular weight is 273 g/mol. The van der Waals surface area contributed by atoms with Gasteiger partial charge in [-0.15, -0.1) is 0 Å². The number of hydrogen-bond acceptors (Lipinski definition) is 3. The van der Waals surface area contributed by atoms with Crippen LogP contribution in [0.15, 0.2) is 0 Å². The zero-order valence-corrected chi connectivity index (χ0v) is 12.3. The van der Waals surface area contributed by atoms with Crippen molar-refractivity contribution < 1.29 is 4.79 Å². The molecule has 0 aromatic rings. The topological polar surface area (TPSA) is 29.1 Å². The molecule has 2 saturated carbocycles. The quantitative estimate of drug-likeness (QED) is 0.729. The van der Waals surface area contributed by atoms with E-state index >= 15 is 0 Å². The van der Waals surface area contributed by atoms with Crippen LogP contribution in [0, 0.1) is 5.41 Å². The molecule has 0 aromatic heterocycles.